The van der Waals surface area contributed by atoms with Gasteiger partial charge >= 0.3 is 0 Å². The molecule has 1 aromatic heterocycles. The van der Waals surface area contributed by atoms with Gasteiger partial charge in [0.2, 0.25) is 5.95 Å². The van der Waals surface area contributed by atoms with Gasteiger partial charge in [0.1, 0.15) is 5.69 Å². The van der Waals surface area contributed by atoms with Crippen LogP contribution in [0, 0.1) is 11.3 Å². The number of nitriles is 1. The highest BCUT2D eigenvalue weighted by Gasteiger charge is 2.10. The van der Waals surface area contributed by atoms with Gasteiger partial charge in [-0.3, -0.25) is 4.79 Å². The molecule has 3 rings (SSSR count). The first-order valence-corrected chi connectivity index (χ1v) is 8.56. The van der Waals surface area contributed by atoms with Crippen molar-refractivity contribution in [1.82, 2.24) is 9.97 Å². The maximum atomic E-state index is 12.4. The van der Waals surface area contributed by atoms with E-state index < -0.39 is 0 Å². The molecule has 0 unspecified atom stereocenters. The minimum absolute atomic E-state index is 0.230. The maximum Gasteiger partial charge on any atom is 0.274 e. The summed E-state index contributed by atoms with van der Waals surface area (Å²) >= 11 is 0. The number of carbonyl (C=O) groups excluding carboxylic acids is 1. The fourth-order valence-electron chi connectivity index (χ4n) is 2.49. The van der Waals surface area contributed by atoms with Crippen molar-refractivity contribution in [3.05, 3.63) is 77.6 Å². The third-order valence-corrected chi connectivity index (χ3v) is 3.97. The lowest BCUT2D eigenvalue weighted by Crippen LogP contribution is -2.14. The van der Waals surface area contributed by atoms with Crippen LogP contribution in [-0.4, -0.2) is 15.9 Å². The SMILES string of the molecule is CC(C)c1ccc(Nc2nccc(C(=O)Nc3cccc(C#N)c3)n2)cc1. The average Bonchev–Trinajstić information content (AvgIpc) is 2.68. The van der Waals surface area contributed by atoms with Gasteiger partial charge < -0.3 is 10.6 Å². The number of benzene rings is 2. The van der Waals surface area contributed by atoms with Gasteiger partial charge in [0.15, 0.2) is 0 Å². The first kappa shape index (κ1) is 18.1. The van der Waals surface area contributed by atoms with E-state index in [1.54, 1.807) is 24.3 Å². The zero-order valence-corrected chi connectivity index (χ0v) is 15.1. The van der Waals surface area contributed by atoms with Crippen molar-refractivity contribution in [3.63, 3.8) is 0 Å². The van der Waals surface area contributed by atoms with Crippen molar-refractivity contribution >= 4 is 23.2 Å². The first-order valence-electron chi connectivity index (χ1n) is 8.56. The molecular weight excluding hydrogens is 338 g/mol. The molecule has 6 heteroatoms. The van der Waals surface area contributed by atoms with E-state index in [9.17, 15) is 4.79 Å². The van der Waals surface area contributed by atoms with Crippen LogP contribution < -0.4 is 10.6 Å². The number of nitrogens with zero attached hydrogens (tertiary/aromatic N) is 3. The summed E-state index contributed by atoms with van der Waals surface area (Å²) in [6.07, 6.45) is 1.53. The molecule has 0 atom stereocenters. The van der Waals surface area contributed by atoms with E-state index in [4.69, 9.17) is 5.26 Å². The topological polar surface area (TPSA) is 90.7 Å². The lowest BCUT2D eigenvalue weighted by Gasteiger charge is -2.09. The van der Waals surface area contributed by atoms with Gasteiger partial charge in [0.05, 0.1) is 11.6 Å². The average molecular weight is 357 g/mol. The monoisotopic (exact) mass is 357 g/mol. The predicted octanol–water partition coefficient (Wildman–Crippen LogP) is 4.47. The van der Waals surface area contributed by atoms with Crippen LogP contribution >= 0.6 is 0 Å². The molecule has 1 heterocycles. The number of aromatic nitrogens is 2. The van der Waals surface area contributed by atoms with Gasteiger partial charge in [0.25, 0.3) is 5.91 Å². The summed E-state index contributed by atoms with van der Waals surface area (Å²) < 4.78 is 0. The van der Waals surface area contributed by atoms with Gasteiger partial charge in [-0.2, -0.15) is 5.26 Å². The molecule has 2 aromatic carbocycles. The normalized spacial score (nSPS) is 10.3. The van der Waals surface area contributed by atoms with E-state index in [0.29, 0.717) is 23.1 Å². The highest BCUT2D eigenvalue weighted by Crippen LogP contribution is 2.19. The molecule has 2 N–H and O–H groups in total. The molecule has 27 heavy (non-hydrogen) atoms. The van der Waals surface area contributed by atoms with Gasteiger partial charge in [-0.1, -0.05) is 32.0 Å². The van der Waals surface area contributed by atoms with Gasteiger partial charge in [-0.25, -0.2) is 9.97 Å². The van der Waals surface area contributed by atoms with E-state index >= 15 is 0 Å². The molecule has 0 saturated heterocycles. The van der Waals surface area contributed by atoms with Crippen LogP contribution in [0.15, 0.2) is 60.8 Å². The fourth-order valence-corrected chi connectivity index (χ4v) is 2.49. The van der Waals surface area contributed by atoms with Crippen LogP contribution in [0.2, 0.25) is 0 Å². The minimum Gasteiger partial charge on any atom is -0.324 e. The van der Waals surface area contributed by atoms with Crippen molar-refractivity contribution in [3.8, 4) is 6.07 Å². The number of nitrogens with one attached hydrogen (secondary N) is 2. The highest BCUT2D eigenvalue weighted by molar-refractivity contribution is 6.03. The van der Waals surface area contributed by atoms with Crippen molar-refractivity contribution in [2.24, 2.45) is 0 Å². The molecular formula is C21H19N5O. The third-order valence-electron chi connectivity index (χ3n) is 3.97. The number of carbonyl (C=O) groups is 1. The third kappa shape index (κ3) is 4.67. The Kier molecular flexibility index (Phi) is 5.43. The zero-order valence-electron chi connectivity index (χ0n) is 15.1. The Hall–Kier alpha value is -3.72. The maximum absolute atomic E-state index is 12.4. The predicted molar refractivity (Wildman–Crippen MR) is 105 cm³/mol. The first-order chi connectivity index (χ1) is 13.0. The Balaban J connectivity index is 1.72. The molecule has 0 spiro atoms. The van der Waals surface area contributed by atoms with Crippen LogP contribution in [0.5, 0.6) is 0 Å². The summed E-state index contributed by atoms with van der Waals surface area (Å²) in [6, 6.07) is 18.3. The van der Waals surface area contributed by atoms with Crippen molar-refractivity contribution in [2.45, 2.75) is 19.8 Å². The van der Waals surface area contributed by atoms with Crippen molar-refractivity contribution < 1.29 is 4.79 Å². The van der Waals surface area contributed by atoms with E-state index in [-0.39, 0.29) is 11.6 Å². The summed E-state index contributed by atoms with van der Waals surface area (Å²) in [5.74, 6) is 0.429. The minimum atomic E-state index is -0.370. The van der Waals surface area contributed by atoms with E-state index in [1.807, 2.05) is 30.3 Å². The molecule has 0 aliphatic rings. The van der Waals surface area contributed by atoms with Crippen LogP contribution in [0.3, 0.4) is 0 Å². The second-order valence-electron chi connectivity index (χ2n) is 6.31. The van der Waals surface area contributed by atoms with Crippen LogP contribution in [-0.2, 0) is 0 Å². The van der Waals surface area contributed by atoms with E-state index in [0.717, 1.165) is 5.69 Å². The molecule has 3 aromatic rings. The highest BCUT2D eigenvalue weighted by atomic mass is 16.1. The molecule has 0 bridgehead atoms. The van der Waals surface area contributed by atoms with E-state index in [1.165, 1.54) is 17.8 Å². The number of rotatable bonds is 5. The number of hydrogen-bond acceptors (Lipinski definition) is 5. The van der Waals surface area contributed by atoms with Crippen LogP contribution in [0.25, 0.3) is 0 Å². The Morgan fingerprint density at radius 3 is 2.56 bits per heavy atom. The van der Waals surface area contributed by atoms with Gasteiger partial charge in [0, 0.05) is 17.6 Å². The molecule has 1 amide bonds. The molecule has 0 aliphatic carbocycles. The van der Waals surface area contributed by atoms with Crippen molar-refractivity contribution in [1.29, 1.82) is 5.26 Å². The second-order valence-corrected chi connectivity index (χ2v) is 6.31. The lowest BCUT2D eigenvalue weighted by atomic mass is 10.0. The second kappa shape index (κ2) is 8.11. The Bertz CT molecular complexity index is 990. The Morgan fingerprint density at radius 2 is 1.85 bits per heavy atom. The quantitative estimate of drug-likeness (QED) is 0.703. The summed E-state index contributed by atoms with van der Waals surface area (Å²) in [6.45, 7) is 4.28. The number of hydrogen-bond donors (Lipinski definition) is 2. The summed E-state index contributed by atoms with van der Waals surface area (Å²) in [7, 11) is 0. The molecule has 0 aliphatic heterocycles. The lowest BCUT2D eigenvalue weighted by molar-refractivity contribution is 0.102. The molecule has 134 valence electrons. The van der Waals surface area contributed by atoms with Gasteiger partial charge in [-0.15, -0.1) is 0 Å². The van der Waals surface area contributed by atoms with Crippen LogP contribution in [0.4, 0.5) is 17.3 Å². The largest absolute Gasteiger partial charge is 0.324 e. The number of anilines is 3. The molecule has 0 fully saturated rings. The Morgan fingerprint density at radius 1 is 1.07 bits per heavy atom. The molecule has 0 saturated carbocycles. The number of amides is 1. The Labute approximate surface area is 157 Å². The standard InChI is InChI=1S/C21H19N5O/c1-14(2)16-6-8-17(9-7-16)25-21-23-11-10-19(26-21)20(27)24-18-5-3-4-15(12-18)13-22/h3-12,14H,1-2H3,(H,24,27)(H,23,25,26). The summed E-state index contributed by atoms with van der Waals surface area (Å²) in [5, 5.41) is 14.8. The van der Waals surface area contributed by atoms with Crippen LogP contribution in [0.1, 0.15) is 41.4 Å². The van der Waals surface area contributed by atoms with Crippen molar-refractivity contribution in [2.75, 3.05) is 10.6 Å². The smallest absolute Gasteiger partial charge is 0.274 e. The van der Waals surface area contributed by atoms with Gasteiger partial charge in [-0.05, 0) is 47.9 Å². The fraction of sp³-hybridized carbons (Fsp3) is 0.143. The summed E-state index contributed by atoms with van der Waals surface area (Å²) in [4.78, 5) is 20.9. The van der Waals surface area contributed by atoms with E-state index in [2.05, 4.69) is 34.4 Å². The molecule has 0 radical (unpaired) electrons. The zero-order chi connectivity index (χ0) is 19.2. The summed E-state index contributed by atoms with van der Waals surface area (Å²) in [5.41, 5.74) is 3.33. The molecule has 6 nitrogen and oxygen atoms in total.